The van der Waals surface area contributed by atoms with E-state index in [-0.39, 0.29) is 30.2 Å². The molecule has 3 amide bonds. The molecule has 6 rings (SSSR count). The van der Waals surface area contributed by atoms with Crippen molar-refractivity contribution in [3.63, 3.8) is 0 Å². The van der Waals surface area contributed by atoms with Crippen molar-refractivity contribution in [2.24, 2.45) is 5.92 Å². The molecule has 3 aliphatic rings. The number of H-pyrrole nitrogens is 1. The second-order valence-corrected chi connectivity index (χ2v) is 10.4. The fraction of sp³-hybridized carbons (Fsp3) is 0.393. The number of fused-ring (bicyclic) bond motifs is 1. The first-order valence-electron chi connectivity index (χ1n) is 13.0. The van der Waals surface area contributed by atoms with Crippen LogP contribution >= 0.6 is 0 Å². The topological polar surface area (TPSA) is 117 Å². The van der Waals surface area contributed by atoms with Gasteiger partial charge in [0, 0.05) is 42.8 Å². The van der Waals surface area contributed by atoms with Crippen LogP contribution in [0.2, 0.25) is 0 Å². The molecule has 1 unspecified atom stereocenters. The van der Waals surface area contributed by atoms with E-state index < -0.39 is 5.54 Å². The lowest BCUT2D eigenvalue weighted by atomic mass is 9.85. The summed E-state index contributed by atoms with van der Waals surface area (Å²) in [7, 11) is 0. The number of amides is 3. The van der Waals surface area contributed by atoms with Gasteiger partial charge in [-0.15, -0.1) is 0 Å². The molecule has 0 aliphatic carbocycles. The molecule has 3 saturated heterocycles. The summed E-state index contributed by atoms with van der Waals surface area (Å²) in [5.41, 5.74) is 1.58. The van der Waals surface area contributed by atoms with E-state index in [1.807, 2.05) is 47.4 Å². The van der Waals surface area contributed by atoms with Crippen LogP contribution in [-0.2, 0) is 9.59 Å². The first-order valence-corrected chi connectivity index (χ1v) is 13.0. The van der Waals surface area contributed by atoms with Gasteiger partial charge in [0.2, 0.25) is 5.91 Å². The average Bonchev–Trinajstić information content (AvgIpc) is 3.69. The van der Waals surface area contributed by atoms with Gasteiger partial charge in [-0.1, -0.05) is 18.2 Å². The molecule has 3 aliphatic heterocycles. The van der Waals surface area contributed by atoms with Crippen LogP contribution in [0.4, 0.5) is 5.69 Å². The number of piperidine rings is 1. The molecule has 3 aromatic rings. The molecule has 2 aromatic carbocycles. The lowest BCUT2D eigenvalue weighted by molar-refractivity contribution is -0.140. The predicted octanol–water partition coefficient (Wildman–Crippen LogP) is 2.22. The Morgan fingerprint density at radius 2 is 1.87 bits per heavy atom. The first kappa shape index (κ1) is 24.0. The highest BCUT2D eigenvalue weighted by Crippen LogP contribution is 2.40. The summed E-state index contributed by atoms with van der Waals surface area (Å²) in [6, 6.07) is 17.5. The number of carbonyl (C=O) groups is 3. The summed E-state index contributed by atoms with van der Waals surface area (Å²) >= 11 is 0. The van der Waals surface area contributed by atoms with E-state index in [1.54, 1.807) is 22.1 Å². The van der Waals surface area contributed by atoms with Crippen molar-refractivity contribution in [2.75, 3.05) is 44.3 Å². The molecule has 0 saturated carbocycles. The third-order valence-electron chi connectivity index (χ3n) is 8.20. The quantitative estimate of drug-likeness (QED) is 0.574. The number of nitrogens with zero attached hydrogens (tertiary/aromatic N) is 6. The van der Waals surface area contributed by atoms with Crippen LogP contribution in [0.25, 0.3) is 10.9 Å². The summed E-state index contributed by atoms with van der Waals surface area (Å²) < 4.78 is 0. The van der Waals surface area contributed by atoms with Gasteiger partial charge in [-0.2, -0.15) is 10.4 Å². The van der Waals surface area contributed by atoms with Gasteiger partial charge in [-0.25, -0.2) is 0 Å². The van der Waals surface area contributed by atoms with E-state index >= 15 is 0 Å². The standard InChI is InChI=1S/C28H29N7O3/c29-15-20-8-11-33(17-20)25(36)18-34-19-35(23-4-2-1-3-5-23)28(27(34)38)9-12-32(13-10-28)26(37)21-6-7-24-22(14-21)16-30-31-24/h1-7,14,16,20H,8-13,17-19H2,(H,30,31). The zero-order valence-corrected chi connectivity index (χ0v) is 21.0. The Morgan fingerprint density at radius 3 is 2.61 bits per heavy atom. The summed E-state index contributed by atoms with van der Waals surface area (Å²) in [6.07, 6.45) is 3.33. The van der Waals surface area contributed by atoms with Crippen LogP contribution in [-0.4, -0.2) is 87.6 Å². The van der Waals surface area contributed by atoms with Crippen molar-refractivity contribution in [3.8, 4) is 6.07 Å². The van der Waals surface area contributed by atoms with Gasteiger partial charge in [-0.05, 0) is 49.6 Å². The number of anilines is 1. The van der Waals surface area contributed by atoms with Gasteiger partial charge in [0.1, 0.15) is 12.1 Å². The van der Waals surface area contributed by atoms with Gasteiger partial charge < -0.3 is 19.6 Å². The Hall–Kier alpha value is -4.39. The monoisotopic (exact) mass is 511 g/mol. The lowest BCUT2D eigenvalue weighted by Gasteiger charge is -2.43. The van der Waals surface area contributed by atoms with Crippen LogP contribution in [0.1, 0.15) is 29.6 Å². The molecule has 0 radical (unpaired) electrons. The number of aromatic amines is 1. The molecule has 1 spiro atoms. The zero-order chi connectivity index (χ0) is 26.3. The van der Waals surface area contributed by atoms with E-state index in [0.717, 1.165) is 16.6 Å². The Morgan fingerprint density at radius 1 is 1.08 bits per heavy atom. The highest BCUT2D eigenvalue weighted by atomic mass is 16.2. The second kappa shape index (κ2) is 9.49. The van der Waals surface area contributed by atoms with E-state index in [9.17, 15) is 19.6 Å². The number of nitriles is 1. The Balaban J connectivity index is 1.20. The van der Waals surface area contributed by atoms with Gasteiger partial charge in [0.25, 0.3) is 11.8 Å². The Kier molecular flexibility index (Phi) is 5.98. The number of rotatable bonds is 4. The van der Waals surface area contributed by atoms with E-state index in [2.05, 4.69) is 21.2 Å². The smallest absolute Gasteiger partial charge is 0.253 e. The van der Waals surface area contributed by atoms with Gasteiger partial charge in [0.15, 0.2) is 0 Å². The lowest BCUT2D eigenvalue weighted by Crippen LogP contribution is -2.57. The van der Waals surface area contributed by atoms with Crippen molar-refractivity contribution < 1.29 is 14.4 Å². The van der Waals surface area contributed by atoms with Crippen molar-refractivity contribution in [3.05, 3.63) is 60.3 Å². The van der Waals surface area contributed by atoms with Gasteiger partial charge in [-0.3, -0.25) is 19.5 Å². The predicted molar refractivity (Wildman–Crippen MR) is 140 cm³/mol. The van der Waals surface area contributed by atoms with Crippen LogP contribution in [0.5, 0.6) is 0 Å². The minimum absolute atomic E-state index is 0.00454. The molecule has 10 heteroatoms. The number of para-hydroxylation sites is 1. The molecular weight excluding hydrogens is 482 g/mol. The summed E-state index contributed by atoms with van der Waals surface area (Å²) in [5.74, 6) is -0.398. The zero-order valence-electron chi connectivity index (χ0n) is 21.0. The summed E-state index contributed by atoms with van der Waals surface area (Å²) in [5, 5.41) is 17.0. The molecule has 1 aromatic heterocycles. The largest absolute Gasteiger partial charge is 0.340 e. The summed E-state index contributed by atoms with van der Waals surface area (Å²) in [6.45, 7) is 2.16. The maximum absolute atomic E-state index is 13.9. The highest BCUT2D eigenvalue weighted by molar-refractivity contribution is 5.99. The first-order chi connectivity index (χ1) is 18.5. The van der Waals surface area contributed by atoms with E-state index in [4.69, 9.17) is 0 Å². The average molecular weight is 512 g/mol. The Bertz CT molecular complexity index is 1420. The minimum Gasteiger partial charge on any atom is -0.340 e. The number of benzene rings is 2. The van der Waals surface area contributed by atoms with Crippen LogP contribution in [0, 0.1) is 17.2 Å². The molecule has 1 atom stereocenters. The van der Waals surface area contributed by atoms with Crippen LogP contribution < -0.4 is 4.90 Å². The van der Waals surface area contributed by atoms with Crippen molar-refractivity contribution in [1.29, 1.82) is 5.26 Å². The number of hydrogen-bond donors (Lipinski definition) is 1. The number of likely N-dealkylation sites (tertiary alicyclic amines) is 2. The highest BCUT2D eigenvalue weighted by Gasteiger charge is 2.54. The van der Waals surface area contributed by atoms with Crippen molar-refractivity contribution >= 4 is 34.3 Å². The Labute approximate surface area is 220 Å². The maximum atomic E-state index is 13.9. The van der Waals surface area contributed by atoms with Crippen LogP contribution in [0.15, 0.2) is 54.7 Å². The normalized spacial score (nSPS) is 20.9. The molecule has 3 fully saturated rings. The van der Waals surface area contributed by atoms with Crippen molar-refractivity contribution in [1.82, 2.24) is 24.9 Å². The second-order valence-electron chi connectivity index (χ2n) is 10.4. The van der Waals surface area contributed by atoms with E-state index in [1.165, 1.54) is 0 Å². The number of nitrogens with one attached hydrogen (secondary N) is 1. The fourth-order valence-corrected chi connectivity index (χ4v) is 6.02. The van der Waals surface area contributed by atoms with E-state index in [0.29, 0.717) is 57.7 Å². The van der Waals surface area contributed by atoms with Crippen LogP contribution in [0.3, 0.4) is 0 Å². The SMILES string of the molecule is N#CC1CCN(C(=O)CN2CN(c3ccccc3)C3(CCN(C(=O)c4ccc5[nH]ncc5c4)CC3)C2=O)C1. The minimum atomic E-state index is -0.812. The third kappa shape index (κ3) is 4.04. The van der Waals surface area contributed by atoms with Gasteiger partial charge >= 0.3 is 0 Å². The van der Waals surface area contributed by atoms with Crippen molar-refractivity contribution in [2.45, 2.75) is 24.8 Å². The number of aromatic nitrogens is 2. The number of hydrogen-bond acceptors (Lipinski definition) is 6. The summed E-state index contributed by atoms with van der Waals surface area (Å²) in [4.78, 5) is 47.5. The third-order valence-corrected chi connectivity index (χ3v) is 8.20. The maximum Gasteiger partial charge on any atom is 0.253 e. The number of carbonyl (C=O) groups excluding carboxylic acids is 3. The molecule has 194 valence electrons. The molecule has 10 nitrogen and oxygen atoms in total. The molecule has 1 N–H and O–H groups in total. The molecule has 0 bridgehead atoms. The van der Waals surface area contributed by atoms with Gasteiger partial charge in [0.05, 0.1) is 30.4 Å². The molecule has 4 heterocycles. The molecule has 38 heavy (non-hydrogen) atoms. The fourth-order valence-electron chi connectivity index (χ4n) is 6.02. The molecular formula is C28H29N7O3.